The number of hydrogen-bond acceptors (Lipinski definition) is 3. The van der Waals surface area contributed by atoms with Gasteiger partial charge in [-0.05, 0) is 42.3 Å². The summed E-state index contributed by atoms with van der Waals surface area (Å²) in [5.41, 5.74) is 3.55. The molecule has 1 unspecified atom stereocenters. The lowest BCUT2D eigenvalue weighted by Crippen LogP contribution is -2.41. The lowest BCUT2D eigenvalue weighted by atomic mass is 10.1. The van der Waals surface area contributed by atoms with E-state index >= 15 is 0 Å². The summed E-state index contributed by atoms with van der Waals surface area (Å²) in [5, 5.41) is 0. The van der Waals surface area contributed by atoms with Gasteiger partial charge in [-0.1, -0.05) is 34.1 Å². The van der Waals surface area contributed by atoms with E-state index in [1.807, 2.05) is 36.4 Å². The fraction of sp³-hybridized carbons (Fsp3) is 0.200. The lowest BCUT2D eigenvalue weighted by molar-refractivity contribution is 0.264. The maximum absolute atomic E-state index is 13.3. The molecule has 2 aromatic carbocycles. The summed E-state index contributed by atoms with van der Waals surface area (Å²) in [6, 6.07) is 14.2. The zero-order chi connectivity index (χ0) is 14.4. The summed E-state index contributed by atoms with van der Waals surface area (Å²) in [6.07, 6.45) is 0.583. The smallest absolute Gasteiger partial charge is 0.124 e. The predicted molar refractivity (Wildman–Crippen MR) is 80.9 cm³/mol. The third kappa shape index (κ3) is 4.59. The average molecular weight is 339 g/mol. The summed E-state index contributed by atoms with van der Waals surface area (Å²) in [5.74, 6) is 6.04. The van der Waals surface area contributed by atoms with Gasteiger partial charge in [-0.25, -0.2) is 4.39 Å². The molecule has 1 atom stereocenters. The monoisotopic (exact) mass is 338 g/mol. The van der Waals surface area contributed by atoms with Crippen LogP contribution in [0.1, 0.15) is 5.56 Å². The summed E-state index contributed by atoms with van der Waals surface area (Å²) in [6.45, 7) is 0.411. The van der Waals surface area contributed by atoms with Crippen LogP contribution in [-0.4, -0.2) is 12.6 Å². The zero-order valence-electron chi connectivity index (χ0n) is 10.9. The topological polar surface area (TPSA) is 47.3 Å². The van der Waals surface area contributed by atoms with Gasteiger partial charge in [-0.15, -0.1) is 0 Å². The molecule has 2 aromatic rings. The van der Waals surface area contributed by atoms with E-state index in [0.717, 1.165) is 11.3 Å². The van der Waals surface area contributed by atoms with Gasteiger partial charge in [-0.2, -0.15) is 0 Å². The molecule has 0 amide bonds. The van der Waals surface area contributed by atoms with E-state index in [9.17, 15) is 4.39 Å². The minimum Gasteiger partial charge on any atom is -0.492 e. The molecule has 0 saturated heterocycles. The Morgan fingerprint density at radius 2 is 1.95 bits per heavy atom. The van der Waals surface area contributed by atoms with Gasteiger partial charge in [-0.3, -0.25) is 11.3 Å². The van der Waals surface area contributed by atoms with E-state index in [-0.39, 0.29) is 11.9 Å². The number of hydrogen-bond donors (Lipinski definition) is 2. The number of nitrogens with one attached hydrogen (secondary N) is 1. The fourth-order valence-electron chi connectivity index (χ4n) is 1.89. The normalized spacial score (nSPS) is 12.2. The van der Waals surface area contributed by atoms with Gasteiger partial charge in [0.25, 0.3) is 0 Å². The summed E-state index contributed by atoms with van der Waals surface area (Å²) < 4.78 is 19.7. The molecule has 0 aromatic heterocycles. The molecule has 0 aliphatic heterocycles. The molecule has 0 radical (unpaired) electrons. The first-order valence-corrected chi connectivity index (χ1v) is 7.05. The van der Waals surface area contributed by atoms with Crippen molar-refractivity contribution in [2.75, 3.05) is 6.61 Å². The van der Waals surface area contributed by atoms with Crippen molar-refractivity contribution in [3.05, 3.63) is 64.4 Å². The van der Waals surface area contributed by atoms with Gasteiger partial charge < -0.3 is 4.74 Å². The predicted octanol–water partition coefficient (Wildman–Crippen LogP) is 3.04. The van der Waals surface area contributed by atoms with Crippen molar-refractivity contribution in [2.45, 2.75) is 12.5 Å². The molecule has 0 aliphatic rings. The highest BCUT2D eigenvalue weighted by atomic mass is 79.9. The Bertz CT molecular complexity index is 531. The first kappa shape index (κ1) is 15.0. The molecule has 0 bridgehead atoms. The van der Waals surface area contributed by atoms with Gasteiger partial charge in [0.05, 0.1) is 6.04 Å². The molecule has 3 nitrogen and oxygen atoms in total. The summed E-state index contributed by atoms with van der Waals surface area (Å²) in [4.78, 5) is 0. The second-order valence-electron chi connectivity index (χ2n) is 4.47. The van der Waals surface area contributed by atoms with Crippen molar-refractivity contribution < 1.29 is 9.13 Å². The third-order valence-electron chi connectivity index (χ3n) is 2.83. The second kappa shape index (κ2) is 7.38. The highest BCUT2D eigenvalue weighted by molar-refractivity contribution is 9.10. The highest BCUT2D eigenvalue weighted by Gasteiger charge is 2.10. The van der Waals surface area contributed by atoms with Gasteiger partial charge >= 0.3 is 0 Å². The number of halogens is 2. The molecule has 0 heterocycles. The van der Waals surface area contributed by atoms with Crippen molar-refractivity contribution in [3.63, 3.8) is 0 Å². The summed E-state index contributed by atoms with van der Waals surface area (Å²) in [7, 11) is 0. The van der Waals surface area contributed by atoms with Crippen molar-refractivity contribution in [1.29, 1.82) is 0 Å². The molecule has 2 rings (SSSR count). The van der Waals surface area contributed by atoms with Crippen LogP contribution in [0.15, 0.2) is 53.0 Å². The first-order chi connectivity index (χ1) is 9.67. The van der Waals surface area contributed by atoms with Crippen LogP contribution in [0.4, 0.5) is 4.39 Å². The molecular weight excluding hydrogens is 323 g/mol. The molecular formula is C15H16BrFN2O. The van der Waals surface area contributed by atoms with Gasteiger partial charge in [0, 0.05) is 4.47 Å². The Kier molecular flexibility index (Phi) is 5.52. The molecule has 0 fully saturated rings. The first-order valence-electron chi connectivity index (χ1n) is 6.26. The third-order valence-corrected chi connectivity index (χ3v) is 3.29. The van der Waals surface area contributed by atoms with Gasteiger partial charge in [0.15, 0.2) is 0 Å². The van der Waals surface area contributed by atoms with E-state index in [4.69, 9.17) is 10.6 Å². The molecule has 106 valence electrons. The zero-order valence-corrected chi connectivity index (χ0v) is 12.4. The van der Waals surface area contributed by atoms with E-state index in [1.54, 1.807) is 0 Å². The number of nitrogens with two attached hydrogens (primary N) is 1. The quantitative estimate of drug-likeness (QED) is 0.628. The van der Waals surface area contributed by atoms with Crippen LogP contribution in [0.2, 0.25) is 0 Å². The number of hydrazine groups is 1. The SMILES string of the molecule is NNC(COc1ccccc1)Cc1cc(F)cc(Br)c1. The second-order valence-corrected chi connectivity index (χ2v) is 5.39. The van der Waals surface area contributed by atoms with Crippen LogP contribution in [0.5, 0.6) is 5.75 Å². The molecule has 0 aliphatic carbocycles. The van der Waals surface area contributed by atoms with Crippen LogP contribution in [0.3, 0.4) is 0 Å². The number of rotatable bonds is 6. The minimum absolute atomic E-state index is 0.0936. The van der Waals surface area contributed by atoms with Crippen molar-refractivity contribution >= 4 is 15.9 Å². The van der Waals surface area contributed by atoms with E-state index in [1.165, 1.54) is 12.1 Å². The lowest BCUT2D eigenvalue weighted by Gasteiger charge is -2.17. The Balaban J connectivity index is 1.95. The van der Waals surface area contributed by atoms with Crippen LogP contribution < -0.4 is 16.0 Å². The summed E-state index contributed by atoms with van der Waals surface area (Å²) >= 11 is 3.28. The van der Waals surface area contributed by atoms with Crippen molar-refractivity contribution in [3.8, 4) is 5.75 Å². The fourth-order valence-corrected chi connectivity index (χ4v) is 2.41. The van der Waals surface area contributed by atoms with Gasteiger partial charge in [0.1, 0.15) is 18.2 Å². The minimum atomic E-state index is -0.269. The van der Waals surface area contributed by atoms with Gasteiger partial charge in [0.2, 0.25) is 0 Å². The van der Waals surface area contributed by atoms with Crippen LogP contribution in [0.25, 0.3) is 0 Å². The standard InChI is InChI=1S/C15H16BrFN2O/c16-12-6-11(7-13(17)9-12)8-14(19-18)10-20-15-4-2-1-3-5-15/h1-7,9,14,19H,8,10,18H2. The maximum Gasteiger partial charge on any atom is 0.124 e. The van der Waals surface area contributed by atoms with Crippen molar-refractivity contribution in [2.24, 2.45) is 5.84 Å². The molecule has 0 spiro atoms. The van der Waals surface area contributed by atoms with Crippen LogP contribution in [-0.2, 0) is 6.42 Å². The van der Waals surface area contributed by atoms with Crippen LogP contribution in [0, 0.1) is 5.82 Å². The van der Waals surface area contributed by atoms with E-state index in [2.05, 4.69) is 21.4 Å². The van der Waals surface area contributed by atoms with Crippen molar-refractivity contribution in [1.82, 2.24) is 5.43 Å². The van der Waals surface area contributed by atoms with Crippen LogP contribution >= 0.6 is 15.9 Å². The Morgan fingerprint density at radius 1 is 1.20 bits per heavy atom. The number of para-hydroxylation sites is 1. The Hall–Kier alpha value is -1.43. The maximum atomic E-state index is 13.3. The molecule has 5 heteroatoms. The number of ether oxygens (including phenoxy) is 1. The Morgan fingerprint density at radius 3 is 2.60 bits per heavy atom. The Labute approximate surface area is 126 Å². The average Bonchev–Trinajstić information content (AvgIpc) is 2.43. The highest BCUT2D eigenvalue weighted by Crippen LogP contribution is 2.16. The van der Waals surface area contributed by atoms with E-state index < -0.39 is 0 Å². The van der Waals surface area contributed by atoms with E-state index in [0.29, 0.717) is 17.5 Å². The number of benzene rings is 2. The largest absolute Gasteiger partial charge is 0.492 e. The molecule has 20 heavy (non-hydrogen) atoms. The molecule has 3 N–H and O–H groups in total. The molecule has 0 saturated carbocycles.